The standard InChI is InChI=1S/C17H22N4O4/c1-20-15-14(16(22)21(2)17(20)23)11(5-6-18-15)19-10-3-4-12-13(9-10)25-8-7-24-12/h3-4,9,11,14-15,18-19H,5-8H2,1-2H3. The maximum atomic E-state index is 12.7. The molecular weight excluding hydrogens is 324 g/mol. The minimum Gasteiger partial charge on any atom is -0.486 e. The summed E-state index contributed by atoms with van der Waals surface area (Å²) in [5.74, 6) is 0.949. The lowest BCUT2D eigenvalue weighted by atomic mass is 9.86. The van der Waals surface area contributed by atoms with Crippen molar-refractivity contribution in [2.75, 3.05) is 39.2 Å². The summed E-state index contributed by atoms with van der Waals surface area (Å²) in [6.07, 6.45) is 0.497. The number of rotatable bonds is 2. The Hall–Kier alpha value is -2.48. The molecule has 2 N–H and O–H groups in total. The monoisotopic (exact) mass is 346 g/mol. The van der Waals surface area contributed by atoms with Gasteiger partial charge in [0.1, 0.15) is 13.2 Å². The van der Waals surface area contributed by atoms with Crippen LogP contribution in [0.15, 0.2) is 18.2 Å². The Morgan fingerprint density at radius 2 is 1.92 bits per heavy atom. The molecule has 3 heterocycles. The van der Waals surface area contributed by atoms with Crippen LogP contribution in [0.25, 0.3) is 0 Å². The summed E-state index contributed by atoms with van der Waals surface area (Å²) in [5, 5.41) is 6.75. The number of benzene rings is 1. The van der Waals surface area contributed by atoms with Gasteiger partial charge in [-0.05, 0) is 25.1 Å². The summed E-state index contributed by atoms with van der Waals surface area (Å²) >= 11 is 0. The summed E-state index contributed by atoms with van der Waals surface area (Å²) in [6, 6.07) is 5.35. The zero-order chi connectivity index (χ0) is 17.6. The van der Waals surface area contributed by atoms with Crippen molar-refractivity contribution in [2.45, 2.75) is 18.6 Å². The third-order valence-electron chi connectivity index (χ3n) is 5.10. The lowest BCUT2D eigenvalue weighted by Crippen LogP contribution is -2.69. The van der Waals surface area contributed by atoms with E-state index in [0.29, 0.717) is 19.0 Å². The lowest BCUT2D eigenvalue weighted by Gasteiger charge is -2.48. The number of nitrogens with one attached hydrogen (secondary N) is 2. The van der Waals surface area contributed by atoms with Crippen molar-refractivity contribution >= 4 is 17.6 Å². The molecule has 0 saturated carbocycles. The zero-order valence-electron chi connectivity index (χ0n) is 14.3. The van der Waals surface area contributed by atoms with Gasteiger partial charge in [0.25, 0.3) is 0 Å². The number of piperidine rings is 1. The van der Waals surface area contributed by atoms with Gasteiger partial charge in [-0.2, -0.15) is 0 Å². The van der Waals surface area contributed by atoms with E-state index in [0.717, 1.165) is 24.4 Å². The Morgan fingerprint density at radius 1 is 1.16 bits per heavy atom. The summed E-state index contributed by atoms with van der Waals surface area (Å²) in [4.78, 5) is 27.7. The molecule has 25 heavy (non-hydrogen) atoms. The molecule has 3 aliphatic heterocycles. The molecule has 8 heteroatoms. The van der Waals surface area contributed by atoms with Crippen molar-refractivity contribution in [1.82, 2.24) is 15.1 Å². The number of anilines is 1. The second kappa shape index (κ2) is 6.11. The quantitative estimate of drug-likeness (QED) is 0.820. The van der Waals surface area contributed by atoms with Crippen LogP contribution in [-0.4, -0.2) is 67.8 Å². The first-order valence-corrected chi connectivity index (χ1v) is 8.50. The zero-order valence-corrected chi connectivity index (χ0v) is 14.3. The molecule has 3 aliphatic rings. The fourth-order valence-electron chi connectivity index (χ4n) is 3.78. The molecule has 1 aromatic carbocycles. The maximum absolute atomic E-state index is 12.7. The first-order chi connectivity index (χ1) is 12.1. The molecule has 0 spiro atoms. The molecule has 3 unspecified atom stereocenters. The van der Waals surface area contributed by atoms with Crippen LogP contribution in [0, 0.1) is 5.92 Å². The number of hydrogen-bond acceptors (Lipinski definition) is 6. The first-order valence-electron chi connectivity index (χ1n) is 8.50. The van der Waals surface area contributed by atoms with Gasteiger partial charge in [0, 0.05) is 31.9 Å². The van der Waals surface area contributed by atoms with E-state index in [1.165, 1.54) is 11.9 Å². The molecule has 2 fully saturated rings. The molecule has 2 saturated heterocycles. The fraction of sp³-hybridized carbons (Fsp3) is 0.529. The van der Waals surface area contributed by atoms with E-state index in [9.17, 15) is 9.59 Å². The van der Waals surface area contributed by atoms with Crippen LogP contribution < -0.4 is 20.1 Å². The van der Waals surface area contributed by atoms with Crippen molar-refractivity contribution in [1.29, 1.82) is 0 Å². The predicted octanol–water partition coefficient (Wildman–Crippen LogP) is 0.698. The second-order valence-corrected chi connectivity index (χ2v) is 6.61. The normalized spacial score (nSPS) is 28.6. The highest BCUT2D eigenvalue weighted by Crippen LogP contribution is 2.34. The minimum atomic E-state index is -0.338. The summed E-state index contributed by atoms with van der Waals surface area (Å²) in [5.41, 5.74) is 0.880. The third kappa shape index (κ3) is 2.66. The van der Waals surface area contributed by atoms with E-state index in [4.69, 9.17) is 9.47 Å². The molecule has 0 aromatic heterocycles. The van der Waals surface area contributed by atoms with Crippen LogP contribution in [0.4, 0.5) is 10.5 Å². The van der Waals surface area contributed by atoms with Crippen LogP contribution in [0.5, 0.6) is 11.5 Å². The Balaban J connectivity index is 1.57. The molecule has 3 atom stereocenters. The minimum absolute atomic E-state index is 0.0701. The van der Waals surface area contributed by atoms with E-state index >= 15 is 0 Å². The van der Waals surface area contributed by atoms with Crippen LogP contribution in [0.3, 0.4) is 0 Å². The van der Waals surface area contributed by atoms with Gasteiger partial charge in [0.2, 0.25) is 5.91 Å². The first kappa shape index (κ1) is 16.0. The largest absolute Gasteiger partial charge is 0.486 e. The van der Waals surface area contributed by atoms with Gasteiger partial charge in [-0.1, -0.05) is 0 Å². The number of urea groups is 1. The van der Waals surface area contributed by atoms with Gasteiger partial charge in [0.15, 0.2) is 11.5 Å². The number of imide groups is 1. The molecule has 0 bridgehead atoms. The number of amides is 3. The van der Waals surface area contributed by atoms with E-state index in [1.807, 2.05) is 18.2 Å². The summed E-state index contributed by atoms with van der Waals surface area (Å²) in [6.45, 7) is 1.82. The lowest BCUT2D eigenvalue weighted by molar-refractivity contribution is -0.139. The molecule has 0 aliphatic carbocycles. The van der Waals surface area contributed by atoms with Gasteiger partial charge < -0.3 is 19.7 Å². The highest BCUT2D eigenvalue weighted by Gasteiger charge is 2.48. The van der Waals surface area contributed by atoms with Gasteiger partial charge >= 0.3 is 6.03 Å². The predicted molar refractivity (Wildman–Crippen MR) is 90.7 cm³/mol. The van der Waals surface area contributed by atoms with Gasteiger partial charge in [-0.25, -0.2) is 4.79 Å². The molecular formula is C17H22N4O4. The van der Waals surface area contributed by atoms with Crippen molar-refractivity contribution in [2.24, 2.45) is 5.92 Å². The van der Waals surface area contributed by atoms with Gasteiger partial charge in [-0.15, -0.1) is 0 Å². The summed E-state index contributed by atoms with van der Waals surface area (Å²) < 4.78 is 11.2. The molecule has 3 amide bonds. The number of carbonyl (C=O) groups is 2. The Bertz CT molecular complexity index is 710. The number of fused-ring (bicyclic) bond motifs is 2. The van der Waals surface area contributed by atoms with Gasteiger partial charge in [0.05, 0.1) is 12.1 Å². The average Bonchev–Trinajstić information content (AvgIpc) is 2.64. The Kier molecular flexibility index (Phi) is 3.91. The third-order valence-corrected chi connectivity index (χ3v) is 5.10. The van der Waals surface area contributed by atoms with Crippen molar-refractivity contribution in [3.63, 3.8) is 0 Å². The number of hydrogen-bond donors (Lipinski definition) is 2. The molecule has 8 nitrogen and oxygen atoms in total. The van der Waals surface area contributed by atoms with Crippen molar-refractivity contribution in [3.05, 3.63) is 18.2 Å². The topological polar surface area (TPSA) is 83.1 Å². The highest BCUT2D eigenvalue weighted by atomic mass is 16.6. The van der Waals surface area contributed by atoms with E-state index in [2.05, 4.69) is 10.6 Å². The van der Waals surface area contributed by atoms with E-state index in [1.54, 1.807) is 11.9 Å². The average molecular weight is 346 g/mol. The molecule has 0 radical (unpaired) electrons. The highest BCUT2D eigenvalue weighted by molar-refractivity contribution is 5.98. The van der Waals surface area contributed by atoms with Gasteiger partial charge in [-0.3, -0.25) is 15.0 Å². The van der Waals surface area contributed by atoms with E-state index < -0.39 is 0 Å². The number of ether oxygens (including phenoxy) is 2. The SMILES string of the molecule is CN1C(=O)C2C(Nc3ccc4c(c3)OCCO4)CCNC2N(C)C1=O. The van der Waals surface area contributed by atoms with Crippen LogP contribution in [-0.2, 0) is 4.79 Å². The molecule has 134 valence electrons. The molecule has 1 aromatic rings. The second-order valence-electron chi connectivity index (χ2n) is 6.61. The summed E-state index contributed by atoms with van der Waals surface area (Å²) in [7, 11) is 3.26. The van der Waals surface area contributed by atoms with Crippen LogP contribution in [0.1, 0.15) is 6.42 Å². The maximum Gasteiger partial charge on any atom is 0.327 e. The van der Waals surface area contributed by atoms with E-state index in [-0.39, 0.29) is 30.1 Å². The van der Waals surface area contributed by atoms with Crippen molar-refractivity contribution in [3.8, 4) is 11.5 Å². The Morgan fingerprint density at radius 3 is 2.72 bits per heavy atom. The fourth-order valence-corrected chi connectivity index (χ4v) is 3.78. The van der Waals surface area contributed by atoms with Crippen LogP contribution >= 0.6 is 0 Å². The Labute approximate surface area is 146 Å². The number of nitrogens with zero attached hydrogens (tertiary/aromatic N) is 2. The molecule has 4 rings (SSSR count). The van der Waals surface area contributed by atoms with Crippen LogP contribution in [0.2, 0.25) is 0 Å². The number of carbonyl (C=O) groups excluding carboxylic acids is 2. The smallest absolute Gasteiger partial charge is 0.327 e. The van der Waals surface area contributed by atoms with Crippen molar-refractivity contribution < 1.29 is 19.1 Å².